The number of carbonyl (C=O) groups excluding carboxylic acids is 1. The Morgan fingerprint density at radius 3 is 2.62 bits per heavy atom. The van der Waals surface area contributed by atoms with Gasteiger partial charge in [-0.1, -0.05) is 13.0 Å². The summed E-state index contributed by atoms with van der Waals surface area (Å²) in [6.07, 6.45) is 0. The fourth-order valence-corrected chi connectivity index (χ4v) is 3.33. The first-order chi connectivity index (χ1) is 11.5. The molecule has 2 N–H and O–H groups in total. The summed E-state index contributed by atoms with van der Waals surface area (Å²) < 4.78 is 14.1. The van der Waals surface area contributed by atoms with Crippen molar-refractivity contribution in [1.82, 2.24) is 9.80 Å². The number of aliphatic hydroxyl groups is 2. The van der Waals surface area contributed by atoms with E-state index in [4.69, 9.17) is 5.11 Å². The summed E-state index contributed by atoms with van der Waals surface area (Å²) >= 11 is 0. The Morgan fingerprint density at radius 1 is 1.33 bits per heavy atom. The van der Waals surface area contributed by atoms with Crippen LogP contribution >= 0.6 is 0 Å². The molecular formula is C18H27FN2O3. The lowest BCUT2D eigenvalue weighted by Crippen LogP contribution is -2.36. The van der Waals surface area contributed by atoms with Crippen molar-refractivity contribution in [2.75, 3.05) is 45.9 Å². The van der Waals surface area contributed by atoms with E-state index in [2.05, 4.69) is 4.90 Å². The number of aryl methyl sites for hydroxylation is 1. The summed E-state index contributed by atoms with van der Waals surface area (Å²) in [4.78, 5) is 16.4. The summed E-state index contributed by atoms with van der Waals surface area (Å²) in [5.41, 5.74) is 0.861. The summed E-state index contributed by atoms with van der Waals surface area (Å²) in [6.45, 7) is 6.91. The van der Waals surface area contributed by atoms with Gasteiger partial charge < -0.3 is 20.0 Å². The lowest BCUT2D eigenvalue weighted by atomic mass is 9.96. The van der Waals surface area contributed by atoms with Gasteiger partial charge in [0.15, 0.2) is 0 Å². The van der Waals surface area contributed by atoms with Crippen molar-refractivity contribution in [3.63, 3.8) is 0 Å². The van der Waals surface area contributed by atoms with Gasteiger partial charge in [0.05, 0.1) is 12.2 Å². The lowest BCUT2D eigenvalue weighted by molar-refractivity contribution is 0.0774. The Labute approximate surface area is 142 Å². The molecular weight excluding hydrogens is 311 g/mol. The van der Waals surface area contributed by atoms with Crippen molar-refractivity contribution in [2.24, 2.45) is 11.8 Å². The second kappa shape index (κ2) is 8.55. The molecule has 134 valence electrons. The number of halogens is 1. The van der Waals surface area contributed by atoms with Crippen molar-refractivity contribution in [3.05, 3.63) is 35.1 Å². The summed E-state index contributed by atoms with van der Waals surface area (Å²) in [5.74, 6) is -0.715. The molecule has 2 atom stereocenters. The molecule has 0 saturated carbocycles. The van der Waals surface area contributed by atoms with Gasteiger partial charge in [-0.25, -0.2) is 4.39 Å². The van der Waals surface area contributed by atoms with Crippen molar-refractivity contribution >= 4 is 5.91 Å². The molecule has 24 heavy (non-hydrogen) atoms. The lowest BCUT2D eigenvalue weighted by Gasteiger charge is -2.25. The second-order valence-electron chi connectivity index (χ2n) is 6.51. The third-order valence-electron chi connectivity index (χ3n) is 4.81. The van der Waals surface area contributed by atoms with E-state index < -0.39 is 5.82 Å². The number of hydrogen-bond acceptors (Lipinski definition) is 4. The summed E-state index contributed by atoms with van der Waals surface area (Å²) in [5, 5.41) is 18.7. The second-order valence-corrected chi connectivity index (χ2v) is 6.51. The van der Waals surface area contributed by atoms with Crippen molar-refractivity contribution in [2.45, 2.75) is 13.8 Å². The zero-order valence-electron chi connectivity index (χ0n) is 14.4. The maximum absolute atomic E-state index is 14.1. The first-order valence-corrected chi connectivity index (χ1v) is 8.49. The highest BCUT2D eigenvalue weighted by atomic mass is 19.1. The molecule has 2 rings (SSSR count). The fourth-order valence-electron chi connectivity index (χ4n) is 3.33. The molecule has 1 aliphatic rings. The zero-order chi connectivity index (χ0) is 17.7. The molecule has 0 radical (unpaired) electrons. The van der Waals surface area contributed by atoms with Crippen LogP contribution in [0.1, 0.15) is 22.8 Å². The number of likely N-dealkylation sites (N-methyl/N-ethyl adjacent to an activating group) is 1. The normalized spacial score (nSPS) is 20.8. The average molecular weight is 338 g/mol. The van der Waals surface area contributed by atoms with Gasteiger partial charge in [0.1, 0.15) is 5.82 Å². The molecule has 6 heteroatoms. The third kappa shape index (κ3) is 4.32. The minimum Gasteiger partial charge on any atom is -0.396 e. The minimum absolute atomic E-state index is 0.00149. The van der Waals surface area contributed by atoms with Gasteiger partial charge in [0.2, 0.25) is 0 Å². The molecule has 1 aliphatic heterocycles. The maximum atomic E-state index is 14.1. The van der Waals surface area contributed by atoms with Crippen molar-refractivity contribution < 1.29 is 19.4 Å². The Bertz CT molecular complexity index is 567. The van der Waals surface area contributed by atoms with Crippen LogP contribution in [0.2, 0.25) is 0 Å². The van der Waals surface area contributed by atoms with E-state index in [9.17, 15) is 14.3 Å². The molecule has 0 aliphatic carbocycles. The molecule has 1 aromatic carbocycles. The number of nitrogens with zero attached hydrogens (tertiary/aromatic N) is 2. The van der Waals surface area contributed by atoms with Gasteiger partial charge in [0, 0.05) is 38.7 Å². The number of likely N-dealkylation sites (tertiary alicyclic amines) is 1. The van der Waals surface area contributed by atoms with E-state index in [0.29, 0.717) is 26.2 Å². The van der Waals surface area contributed by atoms with E-state index in [1.54, 1.807) is 17.9 Å². The van der Waals surface area contributed by atoms with Gasteiger partial charge in [-0.05, 0) is 37.1 Å². The van der Waals surface area contributed by atoms with Crippen molar-refractivity contribution in [1.29, 1.82) is 0 Å². The molecule has 0 unspecified atom stereocenters. The highest BCUT2D eigenvalue weighted by molar-refractivity contribution is 5.94. The topological polar surface area (TPSA) is 64.0 Å². The SMILES string of the molecule is CCN(CCO)C[C@@H]1CN(C(=O)c2ccc(C)cc2F)C[C@@H]1CO. The van der Waals surface area contributed by atoms with Crippen LogP contribution in [0.15, 0.2) is 18.2 Å². The smallest absolute Gasteiger partial charge is 0.256 e. The molecule has 1 aromatic rings. The number of amides is 1. The van der Waals surface area contributed by atoms with Crippen LogP contribution in [0.25, 0.3) is 0 Å². The van der Waals surface area contributed by atoms with Gasteiger partial charge >= 0.3 is 0 Å². The van der Waals surface area contributed by atoms with Crippen LogP contribution < -0.4 is 0 Å². The summed E-state index contributed by atoms with van der Waals surface area (Å²) in [7, 11) is 0. The first kappa shape index (κ1) is 18.8. The highest BCUT2D eigenvalue weighted by Gasteiger charge is 2.36. The van der Waals surface area contributed by atoms with Gasteiger partial charge in [-0.15, -0.1) is 0 Å². The van der Waals surface area contributed by atoms with Crippen LogP contribution in [0.4, 0.5) is 4.39 Å². The molecule has 0 aromatic heterocycles. The van der Waals surface area contributed by atoms with Crippen molar-refractivity contribution in [3.8, 4) is 0 Å². The molecule has 0 spiro atoms. The number of rotatable bonds is 7. The van der Waals surface area contributed by atoms with E-state index in [1.165, 1.54) is 12.1 Å². The predicted octanol–water partition coefficient (Wildman–Crippen LogP) is 1.13. The maximum Gasteiger partial charge on any atom is 0.256 e. The number of aliphatic hydroxyl groups excluding tert-OH is 2. The Kier molecular flexibility index (Phi) is 6.71. The monoisotopic (exact) mass is 338 g/mol. The average Bonchev–Trinajstić information content (AvgIpc) is 2.96. The first-order valence-electron chi connectivity index (χ1n) is 8.49. The molecule has 5 nitrogen and oxygen atoms in total. The largest absolute Gasteiger partial charge is 0.396 e. The van der Waals surface area contributed by atoms with Crippen LogP contribution in [0.5, 0.6) is 0 Å². The van der Waals surface area contributed by atoms with E-state index in [-0.39, 0.29) is 36.5 Å². The highest BCUT2D eigenvalue weighted by Crippen LogP contribution is 2.26. The van der Waals surface area contributed by atoms with Gasteiger partial charge in [0.25, 0.3) is 5.91 Å². The number of hydrogen-bond donors (Lipinski definition) is 2. The number of carbonyl (C=O) groups is 1. The fraction of sp³-hybridized carbons (Fsp3) is 0.611. The quantitative estimate of drug-likeness (QED) is 0.782. The Morgan fingerprint density at radius 2 is 2.04 bits per heavy atom. The standard InChI is InChI=1S/C18H27FN2O3/c1-3-20(6-7-22)9-14-10-21(11-15(14)12-23)18(24)16-5-4-13(2)8-17(16)19/h4-5,8,14-15,22-23H,3,6-7,9-12H2,1-2H3/t14-,15-/m1/s1. The predicted molar refractivity (Wildman–Crippen MR) is 90.3 cm³/mol. The molecule has 1 heterocycles. The zero-order valence-corrected chi connectivity index (χ0v) is 14.4. The number of benzene rings is 1. The third-order valence-corrected chi connectivity index (χ3v) is 4.81. The minimum atomic E-state index is -0.500. The Balaban J connectivity index is 2.08. The molecule has 1 saturated heterocycles. The van der Waals surface area contributed by atoms with Crippen LogP contribution in [-0.4, -0.2) is 71.9 Å². The van der Waals surface area contributed by atoms with E-state index in [0.717, 1.165) is 12.1 Å². The van der Waals surface area contributed by atoms with Gasteiger partial charge in [-0.2, -0.15) is 0 Å². The van der Waals surface area contributed by atoms with E-state index >= 15 is 0 Å². The van der Waals surface area contributed by atoms with Gasteiger partial charge in [-0.3, -0.25) is 4.79 Å². The Hall–Kier alpha value is -1.50. The molecule has 0 bridgehead atoms. The van der Waals surface area contributed by atoms with Crippen LogP contribution in [0.3, 0.4) is 0 Å². The summed E-state index contributed by atoms with van der Waals surface area (Å²) in [6, 6.07) is 4.62. The molecule has 1 fully saturated rings. The molecule has 1 amide bonds. The van der Waals surface area contributed by atoms with E-state index in [1.807, 2.05) is 6.92 Å². The van der Waals surface area contributed by atoms with Crippen LogP contribution in [-0.2, 0) is 0 Å². The van der Waals surface area contributed by atoms with Crippen LogP contribution in [0, 0.1) is 24.6 Å².